The van der Waals surface area contributed by atoms with Crippen molar-refractivity contribution in [3.05, 3.63) is 36.2 Å². The summed E-state index contributed by atoms with van der Waals surface area (Å²) in [5.41, 5.74) is 3.40. The van der Waals surface area contributed by atoms with Gasteiger partial charge in [-0.3, -0.25) is 4.98 Å². The van der Waals surface area contributed by atoms with E-state index >= 15 is 0 Å². The summed E-state index contributed by atoms with van der Waals surface area (Å²) in [4.78, 5) is 16.7. The maximum atomic E-state index is 5.33. The predicted octanol–water partition coefficient (Wildman–Crippen LogP) is 1.15. The van der Waals surface area contributed by atoms with Crippen LogP contribution < -0.4 is 11.3 Å². The van der Waals surface area contributed by atoms with Crippen LogP contribution in [-0.2, 0) is 5.75 Å². The van der Waals surface area contributed by atoms with E-state index in [1.165, 1.54) is 11.8 Å². The van der Waals surface area contributed by atoms with Crippen LogP contribution in [0, 0.1) is 6.92 Å². The van der Waals surface area contributed by atoms with Crippen molar-refractivity contribution in [1.29, 1.82) is 0 Å². The summed E-state index contributed by atoms with van der Waals surface area (Å²) in [6.07, 6.45) is 5.01. The largest absolute Gasteiger partial charge is 0.308 e. The summed E-state index contributed by atoms with van der Waals surface area (Å²) in [7, 11) is 0. The minimum atomic E-state index is 0.618. The van der Waals surface area contributed by atoms with Gasteiger partial charge in [-0.25, -0.2) is 20.8 Å². The standard InChI is InChI=1S/C10H12N6S/c1-7-4-8(16-11)15-9(14-7)6-17-10-5-12-2-3-13-10/h2-5H,6,11H2,1H3,(H,14,15,16). The second-order valence-electron chi connectivity index (χ2n) is 3.29. The predicted molar refractivity (Wildman–Crippen MR) is 66.2 cm³/mol. The summed E-state index contributed by atoms with van der Waals surface area (Å²) < 4.78 is 0. The number of hydrazine groups is 1. The van der Waals surface area contributed by atoms with Crippen molar-refractivity contribution >= 4 is 17.6 Å². The topological polar surface area (TPSA) is 89.6 Å². The molecule has 0 unspecified atom stereocenters. The van der Waals surface area contributed by atoms with Crippen molar-refractivity contribution in [2.24, 2.45) is 5.84 Å². The molecule has 0 radical (unpaired) electrons. The highest BCUT2D eigenvalue weighted by molar-refractivity contribution is 7.98. The second kappa shape index (κ2) is 5.55. The molecule has 7 heteroatoms. The molecule has 0 aliphatic heterocycles. The smallest absolute Gasteiger partial charge is 0.143 e. The lowest BCUT2D eigenvalue weighted by molar-refractivity contribution is 0.984. The highest BCUT2D eigenvalue weighted by atomic mass is 32.2. The Balaban J connectivity index is 2.06. The van der Waals surface area contributed by atoms with Gasteiger partial charge in [0.2, 0.25) is 0 Å². The van der Waals surface area contributed by atoms with Crippen LogP contribution >= 0.6 is 11.8 Å². The average Bonchev–Trinajstić information content (AvgIpc) is 2.37. The molecule has 0 saturated carbocycles. The van der Waals surface area contributed by atoms with Gasteiger partial charge in [0.1, 0.15) is 16.7 Å². The number of thioether (sulfide) groups is 1. The van der Waals surface area contributed by atoms with E-state index in [4.69, 9.17) is 5.84 Å². The first kappa shape index (κ1) is 11.7. The Morgan fingerprint density at radius 1 is 1.35 bits per heavy atom. The zero-order valence-corrected chi connectivity index (χ0v) is 10.1. The fraction of sp³-hybridized carbons (Fsp3) is 0.200. The van der Waals surface area contributed by atoms with Crippen molar-refractivity contribution in [2.45, 2.75) is 17.7 Å². The molecule has 0 aliphatic carbocycles. The lowest BCUT2D eigenvalue weighted by atomic mass is 10.4. The molecule has 2 rings (SSSR count). The number of hydrogen-bond acceptors (Lipinski definition) is 7. The highest BCUT2D eigenvalue weighted by Gasteiger charge is 2.03. The summed E-state index contributed by atoms with van der Waals surface area (Å²) in [5.74, 6) is 7.29. The summed E-state index contributed by atoms with van der Waals surface area (Å²) in [5, 5.41) is 0.847. The average molecular weight is 248 g/mol. The molecule has 6 nitrogen and oxygen atoms in total. The third kappa shape index (κ3) is 3.36. The van der Waals surface area contributed by atoms with E-state index in [1.807, 2.05) is 6.92 Å². The molecule has 0 bridgehead atoms. The first-order valence-electron chi connectivity index (χ1n) is 4.98. The number of rotatable bonds is 4. The molecule has 2 heterocycles. The van der Waals surface area contributed by atoms with Crippen LogP contribution in [0.1, 0.15) is 11.5 Å². The van der Waals surface area contributed by atoms with E-state index in [9.17, 15) is 0 Å². The molecular formula is C10H12N6S. The fourth-order valence-corrected chi connectivity index (χ4v) is 1.94. The third-order valence-corrected chi connectivity index (χ3v) is 2.85. The zero-order valence-electron chi connectivity index (χ0n) is 9.29. The summed E-state index contributed by atoms with van der Waals surface area (Å²) in [6, 6.07) is 1.79. The molecular weight excluding hydrogens is 236 g/mol. The van der Waals surface area contributed by atoms with Crippen LogP contribution in [0.15, 0.2) is 29.7 Å². The Morgan fingerprint density at radius 2 is 2.24 bits per heavy atom. The summed E-state index contributed by atoms with van der Waals surface area (Å²) in [6.45, 7) is 1.90. The molecule has 2 aromatic heterocycles. The number of anilines is 1. The molecule has 0 aliphatic rings. The van der Waals surface area contributed by atoms with E-state index in [1.54, 1.807) is 24.7 Å². The third-order valence-electron chi connectivity index (χ3n) is 1.94. The Kier molecular flexibility index (Phi) is 3.84. The van der Waals surface area contributed by atoms with Gasteiger partial charge in [-0.2, -0.15) is 0 Å². The van der Waals surface area contributed by atoms with Crippen LogP contribution in [0.25, 0.3) is 0 Å². The number of nitrogen functional groups attached to an aromatic ring is 1. The van der Waals surface area contributed by atoms with Crippen LogP contribution in [0.3, 0.4) is 0 Å². The van der Waals surface area contributed by atoms with Gasteiger partial charge in [-0.05, 0) is 6.92 Å². The minimum absolute atomic E-state index is 0.618. The maximum Gasteiger partial charge on any atom is 0.143 e. The van der Waals surface area contributed by atoms with Gasteiger partial charge in [0.25, 0.3) is 0 Å². The lowest BCUT2D eigenvalue weighted by Crippen LogP contribution is -2.10. The lowest BCUT2D eigenvalue weighted by Gasteiger charge is -2.04. The fourth-order valence-electron chi connectivity index (χ4n) is 1.27. The van der Waals surface area contributed by atoms with Crippen molar-refractivity contribution in [3.63, 3.8) is 0 Å². The van der Waals surface area contributed by atoms with Gasteiger partial charge >= 0.3 is 0 Å². The number of aromatic nitrogens is 4. The van der Waals surface area contributed by atoms with Gasteiger partial charge in [-0.15, -0.1) is 0 Å². The number of aryl methyl sites for hydroxylation is 1. The van der Waals surface area contributed by atoms with Crippen LogP contribution in [0.4, 0.5) is 5.82 Å². The molecule has 0 spiro atoms. The first-order valence-corrected chi connectivity index (χ1v) is 5.96. The minimum Gasteiger partial charge on any atom is -0.308 e. The van der Waals surface area contributed by atoms with E-state index in [0.29, 0.717) is 17.4 Å². The molecule has 0 fully saturated rings. The number of nitrogens with one attached hydrogen (secondary N) is 1. The molecule has 2 aromatic rings. The SMILES string of the molecule is Cc1cc(NN)nc(CSc2cnccn2)n1. The molecule has 0 aromatic carbocycles. The van der Waals surface area contributed by atoms with Crippen molar-refractivity contribution in [3.8, 4) is 0 Å². The van der Waals surface area contributed by atoms with E-state index in [2.05, 4.69) is 25.4 Å². The van der Waals surface area contributed by atoms with E-state index in [-0.39, 0.29) is 0 Å². The molecule has 0 amide bonds. The van der Waals surface area contributed by atoms with Crippen LogP contribution in [0.2, 0.25) is 0 Å². The van der Waals surface area contributed by atoms with Gasteiger partial charge in [0.05, 0.1) is 11.9 Å². The van der Waals surface area contributed by atoms with Crippen molar-refractivity contribution in [2.75, 3.05) is 5.43 Å². The Bertz CT molecular complexity index is 489. The van der Waals surface area contributed by atoms with Gasteiger partial charge in [0, 0.05) is 24.2 Å². The van der Waals surface area contributed by atoms with Crippen molar-refractivity contribution in [1.82, 2.24) is 19.9 Å². The Hall–Kier alpha value is -1.73. The quantitative estimate of drug-likeness (QED) is 0.476. The Morgan fingerprint density at radius 3 is 2.94 bits per heavy atom. The molecule has 3 N–H and O–H groups in total. The van der Waals surface area contributed by atoms with Gasteiger partial charge in [-0.1, -0.05) is 11.8 Å². The van der Waals surface area contributed by atoms with Gasteiger partial charge in [0.15, 0.2) is 0 Å². The maximum absolute atomic E-state index is 5.33. The van der Waals surface area contributed by atoms with Gasteiger partial charge < -0.3 is 5.43 Å². The van der Waals surface area contributed by atoms with Crippen LogP contribution in [-0.4, -0.2) is 19.9 Å². The van der Waals surface area contributed by atoms with E-state index in [0.717, 1.165) is 10.7 Å². The highest BCUT2D eigenvalue weighted by Crippen LogP contribution is 2.18. The van der Waals surface area contributed by atoms with Crippen LogP contribution in [0.5, 0.6) is 0 Å². The number of nitrogens with zero attached hydrogens (tertiary/aromatic N) is 4. The monoisotopic (exact) mass is 248 g/mol. The second-order valence-corrected chi connectivity index (χ2v) is 4.28. The molecule has 0 atom stereocenters. The molecule has 88 valence electrons. The summed E-state index contributed by atoms with van der Waals surface area (Å²) >= 11 is 1.53. The molecule has 0 saturated heterocycles. The Labute approximate surface area is 103 Å². The normalized spacial score (nSPS) is 10.2. The molecule has 17 heavy (non-hydrogen) atoms. The number of hydrogen-bond donors (Lipinski definition) is 2. The number of nitrogens with two attached hydrogens (primary N) is 1. The van der Waals surface area contributed by atoms with Crippen molar-refractivity contribution < 1.29 is 0 Å². The first-order chi connectivity index (χ1) is 8.28. The van der Waals surface area contributed by atoms with E-state index < -0.39 is 0 Å². The zero-order chi connectivity index (χ0) is 12.1.